The molecule has 2 N–H and O–H groups in total. The van der Waals surface area contributed by atoms with E-state index < -0.39 is 0 Å². The van der Waals surface area contributed by atoms with Gasteiger partial charge in [-0.05, 0) is 19.8 Å². The maximum atomic E-state index is 12.3. The fourth-order valence-electron chi connectivity index (χ4n) is 2.54. The van der Waals surface area contributed by atoms with Crippen LogP contribution >= 0.6 is 23.1 Å². The van der Waals surface area contributed by atoms with Crippen molar-refractivity contribution in [2.75, 3.05) is 25.6 Å². The number of carbonyl (C=O) groups is 1. The van der Waals surface area contributed by atoms with Crippen LogP contribution in [0.5, 0.6) is 0 Å². The van der Waals surface area contributed by atoms with Crippen molar-refractivity contribution in [1.29, 1.82) is 0 Å². The first-order valence-electron chi connectivity index (χ1n) is 8.22. The molecule has 1 atom stereocenters. The number of thioether (sulfide) groups is 1. The molecule has 1 unspecified atom stereocenters. The van der Waals surface area contributed by atoms with Gasteiger partial charge in [0.1, 0.15) is 0 Å². The fraction of sp³-hybridized carbons (Fsp3) is 0.800. The van der Waals surface area contributed by atoms with Crippen molar-refractivity contribution in [3.63, 3.8) is 0 Å². The number of anilines is 1. The van der Waals surface area contributed by atoms with Crippen molar-refractivity contribution in [2.45, 2.75) is 61.1 Å². The van der Waals surface area contributed by atoms with E-state index in [1.807, 2.05) is 6.92 Å². The van der Waals surface area contributed by atoms with E-state index in [0.29, 0.717) is 19.2 Å². The van der Waals surface area contributed by atoms with E-state index >= 15 is 0 Å². The lowest BCUT2D eigenvalue weighted by molar-refractivity contribution is -0.121. The molecule has 1 aromatic rings. The van der Waals surface area contributed by atoms with E-state index in [0.717, 1.165) is 22.3 Å². The maximum Gasteiger partial charge on any atom is 0.233 e. The van der Waals surface area contributed by atoms with Crippen LogP contribution in [0, 0.1) is 0 Å². The highest BCUT2D eigenvalue weighted by Crippen LogP contribution is 2.29. The lowest BCUT2D eigenvalue weighted by Crippen LogP contribution is -2.39. The normalized spacial score (nSPS) is 17.5. The van der Waals surface area contributed by atoms with Crippen molar-refractivity contribution >= 4 is 34.1 Å². The summed E-state index contributed by atoms with van der Waals surface area (Å²) in [6, 6.07) is 0.341. The van der Waals surface area contributed by atoms with Gasteiger partial charge in [-0.25, -0.2) is 0 Å². The molecule has 0 saturated heterocycles. The first kappa shape index (κ1) is 18.5. The minimum absolute atomic E-state index is 0.103. The predicted octanol–water partition coefficient (Wildman–Crippen LogP) is 2.92. The number of hydrogen-bond acceptors (Lipinski definition) is 7. The second-order valence-corrected chi connectivity index (χ2v) is 8.32. The summed E-state index contributed by atoms with van der Waals surface area (Å²) in [5.41, 5.74) is 0. The van der Waals surface area contributed by atoms with Gasteiger partial charge in [0.2, 0.25) is 11.0 Å². The van der Waals surface area contributed by atoms with Crippen LogP contribution in [-0.2, 0) is 9.53 Å². The van der Waals surface area contributed by atoms with E-state index in [4.69, 9.17) is 4.74 Å². The summed E-state index contributed by atoms with van der Waals surface area (Å²) < 4.78 is 5.80. The van der Waals surface area contributed by atoms with Crippen LogP contribution in [0.4, 0.5) is 5.13 Å². The highest BCUT2D eigenvalue weighted by atomic mass is 32.2. The second kappa shape index (κ2) is 10.1. The quantitative estimate of drug-likeness (QED) is 0.423. The lowest BCUT2D eigenvalue weighted by atomic mass is 10.1. The van der Waals surface area contributed by atoms with Crippen LogP contribution in [0.2, 0.25) is 0 Å². The number of aromatic nitrogens is 2. The van der Waals surface area contributed by atoms with Crippen molar-refractivity contribution in [2.24, 2.45) is 0 Å². The number of nitrogens with one attached hydrogen (secondary N) is 2. The van der Waals surface area contributed by atoms with Gasteiger partial charge in [-0.3, -0.25) is 4.79 Å². The lowest BCUT2D eigenvalue weighted by Gasteiger charge is -2.18. The molecule has 0 radical (unpaired) electrons. The third-order valence-corrected chi connectivity index (χ3v) is 5.90. The molecule has 8 heteroatoms. The molecule has 1 aromatic heterocycles. The highest BCUT2D eigenvalue weighted by Gasteiger charge is 2.21. The molecule has 6 nitrogen and oxygen atoms in total. The first-order valence-corrected chi connectivity index (χ1v) is 9.92. The smallest absolute Gasteiger partial charge is 0.233 e. The van der Waals surface area contributed by atoms with Crippen LogP contribution in [-0.4, -0.2) is 47.7 Å². The van der Waals surface area contributed by atoms with Gasteiger partial charge < -0.3 is 15.4 Å². The zero-order valence-electron chi connectivity index (χ0n) is 13.8. The second-order valence-electron chi connectivity index (χ2n) is 5.75. The zero-order valence-corrected chi connectivity index (χ0v) is 15.5. The minimum Gasteiger partial charge on any atom is -0.383 e. The molecular weight excluding hydrogens is 332 g/mol. The molecule has 0 spiro atoms. The van der Waals surface area contributed by atoms with E-state index in [9.17, 15) is 4.79 Å². The van der Waals surface area contributed by atoms with Crippen molar-refractivity contribution in [3.05, 3.63) is 0 Å². The molecular formula is C15H26N4O2S2. The summed E-state index contributed by atoms with van der Waals surface area (Å²) in [5.74, 6) is 0.103. The van der Waals surface area contributed by atoms with Gasteiger partial charge in [0, 0.05) is 19.7 Å². The molecule has 0 aliphatic heterocycles. The summed E-state index contributed by atoms with van der Waals surface area (Å²) in [7, 11) is 1.66. The Bertz CT molecular complexity index is 476. The molecule has 1 saturated carbocycles. The van der Waals surface area contributed by atoms with Gasteiger partial charge in [-0.2, -0.15) is 0 Å². The Morgan fingerprint density at radius 2 is 2.09 bits per heavy atom. The number of rotatable bonds is 8. The Kier molecular flexibility index (Phi) is 8.11. The van der Waals surface area contributed by atoms with Crippen LogP contribution < -0.4 is 10.6 Å². The third-order valence-electron chi connectivity index (χ3n) is 3.84. The van der Waals surface area contributed by atoms with Gasteiger partial charge in [0.05, 0.1) is 11.9 Å². The van der Waals surface area contributed by atoms with Crippen LogP contribution in [0.15, 0.2) is 4.34 Å². The number of carbonyl (C=O) groups excluding carboxylic acids is 1. The number of methoxy groups -OCH3 is 1. The van der Waals surface area contributed by atoms with Gasteiger partial charge in [-0.15, -0.1) is 10.2 Å². The van der Waals surface area contributed by atoms with Crippen molar-refractivity contribution in [1.82, 2.24) is 15.5 Å². The largest absolute Gasteiger partial charge is 0.383 e. The molecule has 1 amide bonds. The first-order chi connectivity index (χ1) is 11.2. The molecule has 1 fully saturated rings. The van der Waals surface area contributed by atoms with Crippen molar-refractivity contribution < 1.29 is 9.53 Å². The van der Waals surface area contributed by atoms with E-state index in [1.165, 1.54) is 48.8 Å². The minimum atomic E-state index is -0.155. The van der Waals surface area contributed by atoms with Crippen LogP contribution in [0.3, 0.4) is 0 Å². The summed E-state index contributed by atoms with van der Waals surface area (Å²) in [4.78, 5) is 12.3. The van der Waals surface area contributed by atoms with Gasteiger partial charge >= 0.3 is 0 Å². The molecule has 0 bridgehead atoms. The Labute approximate surface area is 146 Å². The SMILES string of the molecule is COCCNc1nnc(SC(C)C(=O)NC2CCCCCC2)s1. The fourth-order valence-corrected chi connectivity index (χ4v) is 4.47. The summed E-state index contributed by atoms with van der Waals surface area (Å²) in [5, 5.41) is 15.2. The van der Waals surface area contributed by atoms with E-state index in [2.05, 4.69) is 20.8 Å². The molecule has 0 aromatic carbocycles. The zero-order chi connectivity index (χ0) is 16.5. The van der Waals surface area contributed by atoms with Gasteiger partial charge in [0.15, 0.2) is 4.34 Å². The molecule has 23 heavy (non-hydrogen) atoms. The van der Waals surface area contributed by atoms with Crippen LogP contribution in [0.25, 0.3) is 0 Å². The van der Waals surface area contributed by atoms with E-state index in [1.54, 1.807) is 7.11 Å². The summed E-state index contributed by atoms with van der Waals surface area (Å²) in [6.45, 7) is 3.26. The van der Waals surface area contributed by atoms with Crippen LogP contribution in [0.1, 0.15) is 45.4 Å². The van der Waals surface area contributed by atoms with E-state index in [-0.39, 0.29) is 11.2 Å². The molecule has 2 rings (SSSR count). The molecule has 1 aliphatic rings. The summed E-state index contributed by atoms with van der Waals surface area (Å²) in [6.07, 6.45) is 7.24. The van der Waals surface area contributed by atoms with Gasteiger partial charge in [0.25, 0.3) is 0 Å². The Balaban J connectivity index is 1.76. The molecule has 1 aliphatic carbocycles. The average Bonchev–Trinajstić information content (AvgIpc) is 2.81. The summed E-state index contributed by atoms with van der Waals surface area (Å²) >= 11 is 2.94. The standard InChI is InChI=1S/C15H26N4O2S2/c1-11(13(20)17-12-7-5-3-4-6-8-12)22-15-19-18-14(23-15)16-9-10-21-2/h11-12H,3-10H2,1-2H3,(H,16,18)(H,17,20). The predicted molar refractivity (Wildman–Crippen MR) is 95.2 cm³/mol. The maximum absolute atomic E-state index is 12.3. The Morgan fingerprint density at radius 3 is 2.78 bits per heavy atom. The third kappa shape index (κ3) is 6.64. The van der Waals surface area contributed by atoms with Gasteiger partial charge in [-0.1, -0.05) is 48.8 Å². The topological polar surface area (TPSA) is 76.1 Å². The Hall–Kier alpha value is -0.860. The number of nitrogens with zero attached hydrogens (tertiary/aromatic N) is 2. The van der Waals surface area contributed by atoms with Crippen molar-refractivity contribution in [3.8, 4) is 0 Å². The number of ether oxygens (including phenoxy) is 1. The molecule has 130 valence electrons. The molecule has 1 heterocycles. The number of hydrogen-bond donors (Lipinski definition) is 2. The average molecular weight is 359 g/mol. The Morgan fingerprint density at radius 1 is 1.35 bits per heavy atom. The number of amides is 1. The monoisotopic (exact) mass is 358 g/mol. The highest BCUT2D eigenvalue weighted by molar-refractivity contribution is 8.02.